The van der Waals surface area contributed by atoms with Crippen LogP contribution in [0, 0.1) is 0 Å². The normalized spacial score (nSPS) is 14.5. The number of hydrogen-bond acceptors (Lipinski definition) is 4. The first-order chi connectivity index (χ1) is 12.1. The number of hydrogen-bond donors (Lipinski definition) is 1. The maximum Gasteiger partial charge on any atom is 0.189 e. The first-order valence-corrected chi connectivity index (χ1v) is 9.25. The highest BCUT2D eigenvalue weighted by atomic mass is 35.5. The molecule has 0 amide bonds. The Morgan fingerprint density at radius 3 is 2.40 bits per heavy atom. The second-order valence-corrected chi connectivity index (χ2v) is 7.01. The van der Waals surface area contributed by atoms with Gasteiger partial charge in [-0.25, -0.2) is 0 Å². The maximum atomic E-state index is 6.09. The standard InChI is InChI=1S/C18H18Cl2N2O2S/c19-15-9-21-10-16(20)17(15)22-18(25)12-5-7-14(8-6-12)24-11-23-13-3-1-2-4-13/h5-10,13H,1-4,11H2,(H,21,22,25). The van der Waals surface area contributed by atoms with Crippen molar-refractivity contribution in [2.45, 2.75) is 31.8 Å². The molecule has 1 N–H and O–H groups in total. The molecule has 1 saturated carbocycles. The molecule has 1 aliphatic carbocycles. The van der Waals surface area contributed by atoms with Crippen molar-refractivity contribution < 1.29 is 9.47 Å². The minimum Gasteiger partial charge on any atom is -0.468 e. The number of ether oxygens (including phenoxy) is 2. The summed E-state index contributed by atoms with van der Waals surface area (Å²) in [5.74, 6) is 0.740. The van der Waals surface area contributed by atoms with E-state index in [1.165, 1.54) is 25.2 Å². The van der Waals surface area contributed by atoms with Gasteiger partial charge in [-0.15, -0.1) is 0 Å². The van der Waals surface area contributed by atoms with Crippen LogP contribution < -0.4 is 10.1 Å². The fraction of sp³-hybridized carbons (Fsp3) is 0.333. The van der Waals surface area contributed by atoms with Gasteiger partial charge in [-0.2, -0.15) is 0 Å². The minimum atomic E-state index is 0.273. The molecule has 0 atom stereocenters. The number of pyridine rings is 1. The number of thiocarbonyl (C=S) groups is 1. The van der Waals surface area contributed by atoms with Crippen molar-refractivity contribution in [2.75, 3.05) is 12.1 Å². The number of halogens is 2. The molecule has 1 aromatic carbocycles. The molecule has 0 bridgehead atoms. The van der Waals surface area contributed by atoms with E-state index in [2.05, 4.69) is 10.3 Å². The van der Waals surface area contributed by atoms with Gasteiger partial charge < -0.3 is 14.8 Å². The molecular formula is C18H18Cl2N2O2S. The summed E-state index contributed by atoms with van der Waals surface area (Å²) in [7, 11) is 0. The molecule has 1 fully saturated rings. The summed E-state index contributed by atoms with van der Waals surface area (Å²) in [6, 6.07) is 7.47. The summed E-state index contributed by atoms with van der Waals surface area (Å²) in [6.07, 6.45) is 8.11. The Morgan fingerprint density at radius 1 is 1.12 bits per heavy atom. The quantitative estimate of drug-likeness (QED) is 0.517. The van der Waals surface area contributed by atoms with E-state index in [0.717, 1.165) is 24.2 Å². The van der Waals surface area contributed by atoms with E-state index in [9.17, 15) is 0 Å². The predicted octanol–water partition coefficient (Wildman–Crippen LogP) is 5.47. The molecule has 4 nitrogen and oxygen atoms in total. The number of benzene rings is 1. The van der Waals surface area contributed by atoms with E-state index in [-0.39, 0.29) is 6.79 Å². The average molecular weight is 397 g/mol. The minimum absolute atomic E-state index is 0.273. The number of anilines is 1. The third-order valence-corrected chi connectivity index (χ3v) is 4.95. The second-order valence-electron chi connectivity index (χ2n) is 5.79. The monoisotopic (exact) mass is 396 g/mol. The van der Waals surface area contributed by atoms with Gasteiger partial charge in [0.25, 0.3) is 0 Å². The molecule has 0 spiro atoms. The summed E-state index contributed by atoms with van der Waals surface area (Å²) < 4.78 is 11.3. The third-order valence-electron chi connectivity index (χ3n) is 4.04. The summed E-state index contributed by atoms with van der Waals surface area (Å²) >= 11 is 17.6. The first-order valence-electron chi connectivity index (χ1n) is 8.08. The van der Waals surface area contributed by atoms with Crippen LogP contribution in [0.4, 0.5) is 5.69 Å². The highest BCUT2D eigenvalue weighted by molar-refractivity contribution is 7.81. The molecular weight excluding hydrogens is 379 g/mol. The zero-order chi connectivity index (χ0) is 17.6. The van der Waals surface area contributed by atoms with Crippen molar-refractivity contribution in [3.8, 4) is 5.75 Å². The van der Waals surface area contributed by atoms with Gasteiger partial charge in [0.05, 0.1) is 21.8 Å². The molecule has 25 heavy (non-hydrogen) atoms. The van der Waals surface area contributed by atoms with Crippen LogP contribution in [-0.4, -0.2) is 22.9 Å². The van der Waals surface area contributed by atoms with Crippen LogP contribution in [-0.2, 0) is 4.74 Å². The lowest BCUT2D eigenvalue weighted by molar-refractivity contribution is -0.0324. The van der Waals surface area contributed by atoms with E-state index >= 15 is 0 Å². The molecule has 1 aliphatic rings. The summed E-state index contributed by atoms with van der Waals surface area (Å²) in [5, 5.41) is 3.89. The highest BCUT2D eigenvalue weighted by Gasteiger charge is 2.15. The molecule has 1 heterocycles. The molecule has 132 valence electrons. The molecule has 0 radical (unpaired) electrons. The third kappa shape index (κ3) is 5.05. The Kier molecular flexibility index (Phi) is 6.48. The van der Waals surface area contributed by atoms with Gasteiger partial charge in [-0.05, 0) is 37.1 Å². The van der Waals surface area contributed by atoms with E-state index in [1.54, 1.807) is 0 Å². The van der Waals surface area contributed by atoms with Crippen LogP contribution in [0.15, 0.2) is 36.7 Å². The summed E-state index contributed by atoms with van der Waals surface area (Å²) in [4.78, 5) is 4.43. The Morgan fingerprint density at radius 2 is 1.76 bits per heavy atom. The van der Waals surface area contributed by atoms with Gasteiger partial charge in [0.1, 0.15) is 10.7 Å². The fourth-order valence-corrected chi connectivity index (χ4v) is 3.37. The lowest BCUT2D eigenvalue weighted by Crippen LogP contribution is -2.13. The summed E-state index contributed by atoms with van der Waals surface area (Å²) in [6.45, 7) is 0.273. The summed E-state index contributed by atoms with van der Waals surface area (Å²) in [5.41, 5.74) is 1.39. The van der Waals surface area contributed by atoms with Crippen LogP contribution in [0.25, 0.3) is 0 Å². The molecule has 0 aliphatic heterocycles. The van der Waals surface area contributed by atoms with Gasteiger partial charge in [0.15, 0.2) is 6.79 Å². The zero-order valence-electron chi connectivity index (χ0n) is 13.5. The Labute approximate surface area is 162 Å². The second kappa shape index (κ2) is 8.81. The molecule has 2 aromatic rings. The fourth-order valence-electron chi connectivity index (χ4n) is 2.67. The lowest BCUT2D eigenvalue weighted by atomic mass is 10.2. The SMILES string of the molecule is S=C(Nc1c(Cl)cncc1Cl)c1ccc(OCOC2CCCC2)cc1. The van der Waals surface area contributed by atoms with Crippen molar-refractivity contribution in [1.29, 1.82) is 0 Å². The number of aromatic nitrogens is 1. The van der Waals surface area contributed by atoms with E-state index < -0.39 is 0 Å². The van der Waals surface area contributed by atoms with E-state index in [4.69, 9.17) is 44.9 Å². The zero-order valence-corrected chi connectivity index (χ0v) is 15.8. The Balaban J connectivity index is 1.55. The van der Waals surface area contributed by atoms with Crippen LogP contribution >= 0.6 is 35.4 Å². The largest absolute Gasteiger partial charge is 0.468 e. The van der Waals surface area contributed by atoms with Gasteiger partial charge >= 0.3 is 0 Å². The number of nitrogens with one attached hydrogen (secondary N) is 1. The highest BCUT2D eigenvalue weighted by Crippen LogP contribution is 2.29. The molecule has 0 saturated heterocycles. The van der Waals surface area contributed by atoms with Crippen LogP contribution in [0.5, 0.6) is 5.75 Å². The van der Waals surface area contributed by atoms with Crippen molar-refractivity contribution in [3.63, 3.8) is 0 Å². The van der Waals surface area contributed by atoms with Crippen LogP contribution in [0.3, 0.4) is 0 Å². The van der Waals surface area contributed by atoms with Crippen molar-refractivity contribution in [1.82, 2.24) is 4.98 Å². The van der Waals surface area contributed by atoms with Crippen molar-refractivity contribution in [3.05, 3.63) is 52.3 Å². The number of rotatable bonds is 6. The molecule has 1 aromatic heterocycles. The van der Waals surface area contributed by atoms with E-state index in [1.807, 2.05) is 24.3 Å². The Hall–Kier alpha value is -1.40. The van der Waals surface area contributed by atoms with E-state index in [0.29, 0.717) is 26.8 Å². The van der Waals surface area contributed by atoms with Crippen LogP contribution in [0.2, 0.25) is 10.0 Å². The lowest BCUT2D eigenvalue weighted by Gasteiger charge is -2.13. The molecule has 3 rings (SSSR count). The van der Waals surface area contributed by atoms with Gasteiger partial charge in [-0.3, -0.25) is 4.98 Å². The Bertz CT molecular complexity index is 714. The van der Waals surface area contributed by atoms with Crippen molar-refractivity contribution in [2.24, 2.45) is 0 Å². The first kappa shape index (κ1) is 18.4. The van der Waals surface area contributed by atoms with Gasteiger partial charge in [-0.1, -0.05) is 48.3 Å². The number of nitrogens with zero attached hydrogens (tertiary/aromatic N) is 1. The molecule has 0 unspecified atom stereocenters. The maximum absolute atomic E-state index is 6.09. The van der Waals surface area contributed by atoms with Gasteiger partial charge in [0, 0.05) is 18.0 Å². The predicted molar refractivity (Wildman–Crippen MR) is 105 cm³/mol. The van der Waals surface area contributed by atoms with Crippen molar-refractivity contribution >= 4 is 46.1 Å². The van der Waals surface area contributed by atoms with Crippen LogP contribution in [0.1, 0.15) is 31.2 Å². The van der Waals surface area contributed by atoms with Gasteiger partial charge in [0.2, 0.25) is 0 Å². The topological polar surface area (TPSA) is 43.4 Å². The molecule has 7 heteroatoms. The smallest absolute Gasteiger partial charge is 0.189 e. The average Bonchev–Trinajstić information content (AvgIpc) is 3.12.